The normalized spacial score (nSPS) is 11.0. The number of anilines is 1. The number of rotatable bonds is 7. The summed E-state index contributed by atoms with van der Waals surface area (Å²) in [5.41, 5.74) is 1.47. The summed E-state index contributed by atoms with van der Waals surface area (Å²) in [4.78, 5) is 16.8. The van der Waals surface area contributed by atoms with Gasteiger partial charge in [0.2, 0.25) is 0 Å². The number of esters is 1. The number of methoxy groups -OCH3 is 2. The van der Waals surface area contributed by atoms with Gasteiger partial charge in [-0.15, -0.1) is 0 Å². The molecule has 8 heteroatoms. The number of hydrogen-bond donors (Lipinski definition) is 1. The van der Waals surface area contributed by atoms with Gasteiger partial charge in [0.05, 0.1) is 37.7 Å². The van der Waals surface area contributed by atoms with Crippen LogP contribution in [0.2, 0.25) is 5.02 Å². The van der Waals surface area contributed by atoms with Crippen LogP contribution < -0.4 is 10.1 Å². The molecule has 0 amide bonds. The van der Waals surface area contributed by atoms with Gasteiger partial charge in [0.15, 0.2) is 17.3 Å². The molecule has 0 aliphatic heterocycles. The molecule has 0 spiro atoms. The standard InChI is InChI=1S/C22H20ClFN2O4/c1-4-6-15-17(25-12-13-7-5-10-30-13)11-18(26-20(15)22(27)29-3)14-8-9-16(23)21(28-2)19(14)24/h4-11H,12H2,1-3H3,(H,25,26)/b6-4-. The third-order valence-corrected chi connectivity index (χ3v) is 4.63. The number of carbonyl (C=O) groups is 1. The quantitative estimate of drug-likeness (QED) is 0.493. The van der Waals surface area contributed by atoms with Crippen LogP contribution in [0.25, 0.3) is 17.3 Å². The number of halogens is 2. The van der Waals surface area contributed by atoms with Gasteiger partial charge in [0.25, 0.3) is 0 Å². The van der Waals surface area contributed by atoms with E-state index in [0.29, 0.717) is 23.6 Å². The predicted molar refractivity (Wildman–Crippen MR) is 113 cm³/mol. The molecule has 0 radical (unpaired) electrons. The van der Waals surface area contributed by atoms with Crippen molar-refractivity contribution < 1.29 is 23.1 Å². The number of ether oxygens (including phenoxy) is 2. The Kier molecular flexibility index (Phi) is 6.74. The van der Waals surface area contributed by atoms with E-state index < -0.39 is 11.8 Å². The van der Waals surface area contributed by atoms with E-state index in [0.717, 1.165) is 0 Å². The second-order valence-corrected chi connectivity index (χ2v) is 6.59. The molecule has 0 saturated heterocycles. The average Bonchev–Trinajstić information content (AvgIpc) is 3.26. The Morgan fingerprint density at radius 3 is 2.77 bits per heavy atom. The number of pyridine rings is 1. The molecule has 156 valence electrons. The Hall–Kier alpha value is -3.32. The molecule has 0 atom stereocenters. The summed E-state index contributed by atoms with van der Waals surface area (Å²) in [6.07, 6.45) is 5.07. The zero-order chi connectivity index (χ0) is 21.7. The highest BCUT2D eigenvalue weighted by Crippen LogP contribution is 2.36. The van der Waals surface area contributed by atoms with E-state index in [-0.39, 0.29) is 27.7 Å². The lowest BCUT2D eigenvalue weighted by atomic mass is 10.0. The first kappa shape index (κ1) is 21.4. The number of nitrogens with zero attached hydrogens (tertiary/aromatic N) is 1. The third-order valence-electron chi connectivity index (χ3n) is 4.33. The van der Waals surface area contributed by atoms with Gasteiger partial charge in [-0.25, -0.2) is 14.2 Å². The number of benzene rings is 1. The van der Waals surface area contributed by atoms with E-state index in [1.165, 1.54) is 26.4 Å². The van der Waals surface area contributed by atoms with E-state index in [4.69, 9.17) is 25.5 Å². The topological polar surface area (TPSA) is 73.6 Å². The van der Waals surface area contributed by atoms with Gasteiger partial charge in [0.1, 0.15) is 5.76 Å². The highest BCUT2D eigenvalue weighted by Gasteiger charge is 2.22. The number of hydrogen-bond acceptors (Lipinski definition) is 6. The molecule has 30 heavy (non-hydrogen) atoms. The highest BCUT2D eigenvalue weighted by atomic mass is 35.5. The molecule has 0 aliphatic carbocycles. The summed E-state index contributed by atoms with van der Waals surface area (Å²) in [5, 5.41) is 3.35. The van der Waals surface area contributed by atoms with Gasteiger partial charge in [-0.3, -0.25) is 0 Å². The SMILES string of the molecule is C/C=C\c1c(NCc2ccco2)cc(-c2ccc(Cl)c(OC)c2F)nc1C(=O)OC. The molecule has 0 fully saturated rings. The van der Waals surface area contributed by atoms with Crippen molar-refractivity contribution in [3.63, 3.8) is 0 Å². The predicted octanol–water partition coefficient (Wildman–Crippen LogP) is 5.57. The smallest absolute Gasteiger partial charge is 0.357 e. The van der Waals surface area contributed by atoms with Gasteiger partial charge in [0, 0.05) is 16.8 Å². The van der Waals surface area contributed by atoms with Crippen LogP contribution in [0.15, 0.2) is 47.1 Å². The fourth-order valence-corrected chi connectivity index (χ4v) is 3.16. The zero-order valence-electron chi connectivity index (χ0n) is 16.7. The second-order valence-electron chi connectivity index (χ2n) is 6.18. The lowest BCUT2D eigenvalue weighted by Gasteiger charge is -2.15. The first-order valence-electron chi connectivity index (χ1n) is 9.04. The van der Waals surface area contributed by atoms with Crippen LogP contribution in [-0.4, -0.2) is 25.2 Å². The van der Waals surface area contributed by atoms with Crippen LogP contribution in [0.4, 0.5) is 10.1 Å². The minimum absolute atomic E-state index is 0.0448. The van der Waals surface area contributed by atoms with Crippen LogP contribution in [0.3, 0.4) is 0 Å². The minimum atomic E-state index is -0.677. The van der Waals surface area contributed by atoms with E-state index in [2.05, 4.69) is 10.3 Å². The lowest BCUT2D eigenvalue weighted by Crippen LogP contribution is -2.11. The molecule has 0 saturated carbocycles. The molecule has 3 rings (SSSR count). The number of carbonyl (C=O) groups excluding carboxylic acids is 1. The van der Waals surface area contributed by atoms with E-state index >= 15 is 4.39 Å². The van der Waals surface area contributed by atoms with Crippen molar-refractivity contribution in [1.29, 1.82) is 0 Å². The minimum Gasteiger partial charge on any atom is -0.492 e. The van der Waals surface area contributed by atoms with Crippen molar-refractivity contribution in [2.75, 3.05) is 19.5 Å². The van der Waals surface area contributed by atoms with E-state index in [1.54, 1.807) is 30.5 Å². The fraction of sp³-hybridized carbons (Fsp3) is 0.182. The Morgan fingerprint density at radius 2 is 2.13 bits per heavy atom. The van der Waals surface area contributed by atoms with Crippen molar-refractivity contribution in [1.82, 2.24) is 4.98 Å². The van der Waals surface area contributed by atoms with Crippen LogP contribution in [0, 0.1) is 5.82 Å². The van der Waals surface area contributed by atoms with Crippen LogP contribution in [-0.2, 0) is 11.3 Å². The highest BCUT2D eigenvalue weighted by molar-refractivity contribution is 6.32. The molecule has 1 N–H and O–H groups in total. The van der Waals surface area contributed by atoms with Crippen molar-refractivity contribution in [3.05, 3.63) is 70.5 Å². The molecule has 0 bridgehead atoms. The molecule has 3 aromatic rings. The largest absolute Gasteiger partial charge is 0.492 e. The van der Waals surface area contributed by atoms with E-state index in [9.17, 15) is 4.79 Å². The molecular formula is C22H20ClFN2O4. The summed E-state index contributed by atoms with van der Waals surface area (Å²) in [6, 6.07) is 8.23. The summed E-state index contributed by atoms with van der Waals surface area (Å²) < 4.78 is 30.3. The zero-order valence-corrected chi connectivity index (χ0v) is 17.4. The number of aromatic nitrogens is 1. The van der Waals surface area contributed by atoms with E-state index in [1.807, 2.05) is 13.0 Å². The van der Waals surface area contributed by atoms with Gasteiger partial charge < -0.3 is 19.2 Å². The molecular weight excluding hydrogens is 411 g/mol. The number of furan rings is 1. The molecule has 2 heterocycles. The van der Waals surface area contributed by atoms with Crippen LogP contribution in [0.5, 0.6) is 5.75 Å². The maximum atomic E-state index is 15.0. The van der Waals surface area contributed by atoms with Crippen LogP contribution >= 0.6 is 11.6 Å². The van der Waals surface area contributed by atoms with Gasteiger partial charge in [-0.05, 0) is 37.3 Å². The Bertz CT molecular complexity index is 1080. The first-order chi connectivity index (χ1) is 14.5. The summed E-state index contributed by atoms with van der Waals surface area (Å²) in [5.74, 6) is -0.728. The van der Waals surface area contributed by atoms with Crippen molar-refractivity contribution in [2.24, 2.45) is 0 Å². The van der Waals surface area contributed by atoms with Crippen molar-refractivity contribution >= 4 is 29.3 Å². The van der Waals surface area contributed by atoms with Gasteiger partial charge in [-0.2, -0.15) is 0 Å². The maximum absolute atomic E-state index is 15.0. The van der Waals surface area contributed by atoms with Crippen molar-refractivity contribution in [3.8, 4) is 17.0 Å². The van der Waals surface area contributed by atoms with Gasteiger partial charge >= 0.3 is 5.97 Å². The molecule has 0 aliphatic rings. The Morgan fingerprint density at radius 1 is 1.33 bits per heavy atom. The van der Waals surface area contributed by atoms with Crippen LogP contribution in [0.1, 0.15) is 28.7 Å². The van der Waals surface area contributed by atoms with Crippen molar-refractivity contribution in [2.45, 2.75) is 13.5 Å². The molecule has 2 aromatic heterocycles. The average molecular weight is 431 g/mol. The molecule has 1 aromatic carbocycles. The Balaban J connectivity index is 2.18. The number of nitrogens with one attached hydrogen (secondary N) is 1. The maximum Gasteiger partial charge on any atom is 0.357 e. The lowest BCUT2D eigenvalue weighted by molar-refractivity contribution is 0.0594. The Labute approximate surface area is 178 Å². The second kappa shape index (κ2) is 9.45. The summed E-state index contributed by atoms with van der Waals surface area (Å²) in [7, 11) is 2.59. The number of allylic oxidation sites excluding steroid dienone is 1. The summed E-state index contributed by atoms with van der Waals surface area (Å²) >= 11 is 6.01. The summed E-state index contributed by atoms with van der Waals surface area (Å²) in [6.45, 7) is 2.17. The molecule has 6 nitrogen and oxygen atoms in total. The fourth-order valence-electron chi connectivity index (χ4n) is 2.94. The third kappa shape index (κ3) is 4.31. The molecule has 0 unspecified atom stereocenters. The van der Waals surface area contributed by atoms with Gasteiger partial charge in [-0.1, -0.05) is 23.8 Å². The first-order valence-corrected chi connectivity index (χ1v) is 9.42. The monoisotopic (exact) mass is 430 g/mol.